The van der Waals surface area contributed by atoms with Crippen LogP contribution in [0.3, 0.4) is 0 Å². The number of aryl methyl sites for hydroxylation is 1. The summed E-state index contributed by atoms with van der Waals surface area (Å²) in [5, 5.41) is 0. The van der Waals surface area contributed by atoms with Crippen LogP contribution in [0.4, 0.5) is 0 Å². The Morgan fingerprint density at radius 1 is 1.33 bits per heavy atom. The second-order valence-corrected chi connectivity index (χ2v) is 4.15. The topological polar surface area (TPSA) is 17.1 Å². The molecule has 0 heterocycles. The van der Waals surface area contributed by atoms with E-state index in [1.165, 1.54) is 11.1 Å². The highest BCUT2D eigenvalue weighted by atomic mass is 16.1. The molecule has 1 nitrogen and oxygen atoms in total. The zero-order chi connectivity index (χ0) is 11.3. The summed E-state index contributed by atoms with van der Waals surface area (Å²) >= 11 is 0. The normalized spacial score (nSPS) is 12.5. The van der Waals surface area contributed by atoms with Crippen molar-refractivity contribution in [2.45, 2.75) is 46.0 Å². The monoisotopic (exact) mass is 204 g/mol. The first-order valence-electron chi connectivity index (χ1n) is 5.75. The molecular weight excluding hydrogens is 184 g/mol. The molecule has 0 bridgehead atoms. The van der Waals surface area contributed by atoms with Gasteiger partial charge in [-0.1, -0.05) is 44.5 Å². The molecule has 0 aliphatic carbocycles. The molecule has 1 aromatic rings. The highest BCUT2D eigenvalue weighted by molar-refractivity contribution is 5.85. The lowest BCUT2D eigenvalue weighted by Gasteiger charge is -2.13. The molecule has 0 aromatic heterocycles. The van der Waals surface area contributed by atoms with Crippen molar-refractivity contribution < 1.29 is 4.79 Å². The molecule has 1 aromatic carbocycles. The number of carbonyl (C=O) groups is 1. The van der Waals surface area contributed by atoms with Crippen molar-refractivity contribution in [1.82, 2.24) is 0 Å². The molecule has 1 rings (SSSR count). The van der Waals surface area contributed by atoms with Gasteiger partial charge in [0.05, 0.1) is 0 Å². The summed E-state index contributed by atoms with van der Waals surface area (Å²) in [5.41, 5.74) is 2.40. The van der Waals surface area contributed by atoms with Gasteiger partial charge >= 0.3 is 0 Å². The van der Waals surface area contributed by atoms with Gasteiger partial charge in [-0.3, -0.25) is 4.79 Å². The third-order valence-corrected chi connectivity index (χ3v) is 2.91. The molecule has 82 valence electrons. The van der Waals surface area contributed by atoms with Crippen molar-refractivity contribution in [2.75, 3.05) is 0 Å². The van der Waals surface area contributed by atoms with Gasteiger partial charge in [0.1, 0.15) is 5.78 Å². The molecule has 1 atom stereocenters. The first kappa shape index (κ1) is 12.0. The van der Waals surface area contributed by atoms with Gasteiger partial charge in [0, 0.05) is 12.3 Å². The average molecular weight is 204 g/mol. The van der Waals surface area contributed by atoms with Crippen molar-refractivity contribution in [3.63, 3.8) is 0 Å². The number of hydrogen-bond acceptors (Lipinski definition) is 1. The molecule has 15 heavy (non-hydrogen) atoms. The molecular formula is C14H20O. The van der Waals surface area contributed by atoms with Gasteiger partial charge in [-0.25, -0.2) is 0 Å². The number of carbonyl (C=O) groups excluding carboxylic acids is 1. The maximum Gasteiger partial charge on any atom is 0.140 e. The van der Waals surface area contributed by atoms with Gasteiger partial charge in [0.25, 0.3) is 0 Å². The minimum atomic E-state index is 0.0535. The Hall–Kier alpha value is -1.11. The Morgan fingerprint density at radius 3 is 2.60 bits per heavy atom. The van der Waals surface area contributed by atoms with E-state index in [0.717, 1.165) is 12.8 Å². The van der Waals surface area contributed by atoms with Crippen molar-refractivity contribution in [1.29, 1.82) is 0 Å². The van der Waals surface area contributed by atoms with Crippen LogP contribution in [0.15, 0.2) is 24.3 Å². The fourth-order valence-corrected chi connectivity index (χ4v) is 1.81. The zero-order valence-corrected chi connectivity index (χ0v) is 9.92. The number of hydrogen-bond donors (Lipinski definition) is 0. The van der Waals surface area contributed by atoms with E-state index < -0.39 is 0 Å². The molecule has 0 aliphatic heterocycles. The third kappa shape index (κ3) is 3.19. The fraction of sp³-hybridized carbons (Fsp3) is 0.500. The lowest BCUT2D eigenvalue weighted by molar-refractivity contribution is -0.120. The zero-order valence-electron chi connectivity index (χ0n) is 9.92. The van der Waals surface area contributed by atoms with Crippen LogP contribution in [-0.2, 0) is 4.79 Å². The van der Waals surface area contributed by atoms with E-state index in [2.05, 4.69) is 26.0 Å². The van der Waals surface area contributed by atoms with Crippen LogP contribution < -0.4 is 0 Å². The average Bonchev–Trinajstić information content (AvgIpc) is 2.25. The smallest absolute Gasteiger partial charge is 0.140 e. The number of ketones is 1. The van der Waals surface area contributed by atoms with Crippen molar-refractivity contribution in [2.24, 2.45) is 0 Å². The molecule has 0 amide bonds. The number of Topliss-reactive ketones (excluding diaryl/α,β-unsaturated/α-hetero) is 1. The minimum absolute atomic E-state index is 0.0535. The minimum Gasteiger partial charge on any atom is -0.299 e. The number of unbranched alkanes of at least 4 members (excludes halogenated alkanes) is 1. The quantitative estimate of drug-likeness (QED) is 0.711. The lowest BCUT2D eigenvalue weighted by Crippen LogP contribution is -2.10. The Morgan fingerprint density at radius 2 is 2.00 bits per heavy atom. The highest BCUT2D eigenvalue weighted by Crippen LogP contribution is 2.21. The molecule has 1 unspecified atom stereocenters. The summed E-state index contributed by atoms with van der Waals surface area (Å²) in [6, 6.07) is 8.15. The van der Waals surface area contributed by atoms with Gasteiger partial charge in [-0.05, 0) is 24.5 Å². The van der Waals surface area contributed by atoms with E-state index >= 15 is 0 Å². The van der Waals surface area contributed by atoms with Crippen LogP contribution in [0.2, 0.25) is 0 Å². The summed E-state index contributed by atoms with van der Waals surface area (Å²) < 4.78 is 0. The summed E-state index contributed by atoms with van der Waals surface area (Å²) in [7, 11) is 0. The second kappa shape index (κ2) is 5.69. The Bertz CT molecular complexity index is 328. The summed E-state index contributed by atoms with van der Waals surface area (Å²) in [6.07, 6.45) is 2.81. The van der Waals surface area contributed by atoms with Crippen LogP contribution in [-0.4, -0.2) is 5.78 Å². The largest absolute Gasteiger partial charge is 0.299 e. The Kier molecular flexibility index (Phi) is 4.54. The maximum absolute atomic E-state index is 11.9. The predicted molar refractivity (Wildman–Crippen MR) is 64.1 cm³/mol. The van der Waals surface area contributed by atoms with Gasteiger partial charge in [0.15, 0.2) is 0 Å². The molecule has 0 N–H and O–H groups in total. The fourth-order valence-electron chi connectivity index (χ4n) is 1.81. The number of rotatable bonds is 5. The first-order chi connectivity index (χ1) is 7.16. The molecule has 0 spiro atoms. The maximum atomic E-state index is 11.9. The van der Waals surface area contributed by atoms with Gasteiger partial charge < -0.3 is 0 Å². The molecule has 0 fully saturated rings. The standard InChI is InChI=1S/C14H20O/c1-4-5-10-14(15)12(3)13-9-7-6-8-11(13)2/h6-9,12H,4-5,10H2,1-3H3. The molecule has 0 saturated heterocycles. The van der Waals surface area contributed by atoms with Gasteiger partial charge in [-0.2, -0.15) is 0 Å². The molecule has 0 aliphatic rings. The van der Waals surface area contributed by atoms with E-state index in [1.54, 1.807) is 0 Å². The van der Waals surface area contributed by atoms with Gasteiger partial charge in [-0.15, -0.1) is 0 Å². The van der Waals surface area contributed by atoms with E-state index in [9.17, 15) is 4.79 Å². The summed E-state index contributed by atoms with van der Waals surface area (Å²) in [6.45, 7) is 6.20. The Balaban J connectivity index is 2.72. The summed E-state index contributed by atoms with van der Waals surface area (Å²) in [5.74, 6) is 0.420. The van der Waals surface area contributed by atoms with Crippen LogP contribution in [0.25, 0.3) is 0 Å². The van der Waals surface area contributed by atoms with Crippen LogP contribution >= 0.6 is 0 Å². The van der Waals surface area contributed by atoms with E-state index in [0.29, 0.717) is 12.2 Å². The van der Waals surface area contributed by atoms with E-state index in [1.807, 2.05) is 19.1 Å². The molecule has 0 radical (unpaired) electrons. The van der Waals surface area contributed by atoms with Crippen molar-refractivity contribution in [3.8, 4) is 0 Å². The highest BCUT2D eigenvalue weighted by Gasteiger charge is 2.15. The third-order valence-electron chi connectivity index (χ3n) is 2.91. The summed E-state index contributed by atoms with van der Waals surface area (Å²) in [4.78, 5) is 11.9. The van der Waals surface area contributed by atoms with Crippen molar-refractivity contribution in [3.05, 3.63) is 35.4 Å². The predicted octanol–water partition coefficient (Wildman–Crippen LogP) is 3.86. The molecule has 1 heteroatoms. The van der Waals surface area contributed by atoms with Crippen molar-refractivity contribution >= 4 is 5.78 Å². The van der Waals surface area contributed by atoms with Crippen LogP contribution in [0, 0.1) is 6.92 Å². The lowest BCUT2D eigenvalue weighted by atomic mass is 9.91. The first-order valence-corrected chi connectivity index (χ1v) is 5.75. The van der Waals surface area contributed by atoms with Gasteiger partial charge in [0.2, 0.25) is 0 Å². The van der Waals surface area contributed by atoms with Crippen LogP contribution in [0.5, 0.6) is 0 Å². The van der Waals surface area contributed by atoms with E-state index in [-0.39, 0.29) is 5.92 Å². The SMILES string of the molecule is CCCCC(=O)C(C)c1ccccc1C. The second-order valence-electron chi connectivity index (χ2n) is 4.15. The molecule has 0 saturated carbocycles. The van der Waals surface area contributed by atoms with E-state index in [4.69, 9.17) is 0 Å². The Labute approximate surface area is 92.5 Å². The van der Waals surface area contributed by atoms with Crippen LogP contribution in [0.1, 0.15) is 50.2 Å². The number of benzene rings is 1.